The number of piperidine rings is 1. The van der Waals surface area contributed by atoms with Crippen molar-refractivity contribution in [3.63, 3.8) is 0 Å². The summed E-state index contributed by atoms with van der Waals surface area (Å²) in [6.45, 7) is 4.41. The maximum Gasteiger partial charge on any atom is 0.326 e. The van der Waals surface area contributed by atoms with Crippen LogP contribution in [-0.4, -0.2) is 41.1 Å². The van der Waals surface area contributed by atoms with Crippen LogP contribution in [0.3, 0.4) is 0 Å². The van der Waals surface area contributed by atoms with Crippen LogP contribution in [-0.2, 0) is 16.0 Å². The van der Waals surface area contributed by atoms with Gasteiger partial charge in [-0.05, 0) is 36.8 Å². The van der Waals surface area contributed by atoms with Crippen molar-refractivity contribution in [1.82, 2.24) is 4.90 Å². The molecular formula is C17H23NO4. The molecule has 0 saturated carbocycles. The number of para-hydroxylation sites is 1. The zero-order chi connectivity index (χ0) is 16.1. The van der Waals surface area contributed by atoms with Crippen LogP contribution in [0.1, 0.15) is 32.3 Å². The van der Waals surface area contributed by atoms with E-state index in [2.05, 4.69) is 0 Å². The van der Waals surface area contributed by atoms with E-state index in [1.54, 1.807) is 0 Å². The summed E-state index contributed by atoms with van der Waals surface area (Å²) >= 11 is 0. The number of nitrogens with zero attached hydrogens (tertiary/aromatic N) is 1. The smallest absolute Gasteiger partial charge is 0.326 e. The fraction of sp³-hybridized carbons (Fsp3) is 0.529. The molecule has 0 aromatic heterocycles. The van der Waals surface area contributed by atoms with Crippen molar-refractivity contribution in [2.75, 3.05) is 13.2 Å². The van der Waals surface area contributed by atoms with Gasteiger partial charge >= 0.3 is 5.97 Å². The molecule has 1 fully saturated rings. The second-order valence-corrected chi connectivity index (χ2v) is 5.82. The van der Waals surface area contributed by atoms with Crippen LogP contribution in [0.2, 0.25) is 0 Å². The molecule has 5 nitrogen and oxygen atoms in total. The summed E-state index contributed by atoms with van der Waals surface area (Å²) in [6, 6.07) is 6.85. The number of aliphatic carboxylic acids is 1. The van der Waals surface area contributed by atoms with Gasteiger partial charge in [0.25, 0.3) is 5.91 Å². The first kappa shape index (κ1) is 16.3. The average Bonchev–Trinajstić information content (AvgIpc) is 2.52. The predicted octanol–water partition coefficient (Wildman–Crippen LogP) is 2.34. The Bertz CT molecular complexity index is 543. The van der Waals surface area contributed by atoms with Crippen molar-refractivity contribution in [3.8, 4) is 5.75 Å². The highest BCUT2D eigenvalue weighted by Crippen LogP contribution is 2.23. The normalized spacial score (nSPS) is 21.5. The molecule has 2 unspecified atom stereocenters. The van der Waals surface area contributed by atoms with E-state index in [1.165, 1.54) is 4.90 Å². The van der Waals surface area contributed by atoms with Gasteiger partial charge in [-0.1, -0.05) is 32.0 Å². The third kappa shape index (κ3) is 3.78. The van der Waals surface area contributed by atoms with E-state index in [0.717, 1.165) is 18.4 Å². The summed E-state index contributed by atoms with van der Waals surface area (Å²) in [7, 11) is 0. The van der Waals surface area contributed by atoms with E-state index in [0.29, 0.717) is 24.6 Å². The summed E-state index contributed by atoms with van der Waals surface area (Å²) in [4.78, 5) is 25.1. The van der Waals surface area contributed by atoms with Crippen LogP contribution >= 0.6 is 0 Å². The van der Waals surface area contributed by atoms with Gasteiger partial charge in [-0.2, -0.15) is 0 Å². The highest BCUT2D eigenvalue weighted by atomic mass is 16.5. The first-order chi connectivity index (χ1) is 10.5. The minimum Gasteiger partial charge on any atom is -0.483 e. The van der Waals surface area contributed by atoms with Gasteiger partial charge < -0.3 is 14.7 Å². The third-order valence-electron chi connectivity index (χ3n) is 4.17. The van der Waals surface area contributed by atoms with Crippen LogP contribution in [0.15, 0.2) is 24.3 Å². The van der Waals surface area contributed by atoms with Gasteiger partial charge in [0.15, 0.2) is 6.61 Å². The van der Waals surface area contributed by atoms with Gasteiger partial charge in [0.1, 0.15) is 11.8 Å². The van der Waals surface area contributed by atoms with Gasteiger partial charge in [-0.15, -0.1) is 0 Å². The number of hydrogen-bond donors (Lipinski definition) is 1. The maximum atomic E-state index is 12.3. The molecule has 1 aliphatic heterocycles. The van der Waals surface area contributed by atoms with Gasteiger partial charge in [0, 0.05) is 6.54 Å². The van der Waals surface area contributed by atoms with Crippen molar-refractivity contribution in [2.24, 2.45) is 5.92 Å². The molecule has 1 aliphatic rings. The largest absolute Gasteiger partial charge is 0.483 e. The number of amides is 1. The number of carboxylic acid groups (broad SMARTS) is 1. The second-order valence-electron chi connectivity index (χ2n) is 5.82. The molecule has 2 rings (SSSR count). The Morgan fingerprint density at radius 1 is 1.36 bits per heavy atom. The van der Waals surface area contributed by atoms with Crippen molar-refractivity contribution in [1.29, 1.82) is 0 Å². The first-order valence-electron chi connectivity index (χ1n) is 7.76. The number of likely N-dealkylation sites (tertiary alicyclic amines) is 1. The minimum atomic E-state index is -0.936. The zero-order valence-corrected chi connectivity index (χ0v) is 13.1. The van der Waals surface area contributed by atoms with Gasteiger partial charge in [0.2, 0.25) is 0 Å². The topological polar surface area (TPSA) is 66.8 Å². The molecule has 120 valence electrons. The highest BCUT2D eigenvalue weighted by molar-refractivity contribution is 5.84. The van der Waals surface area contributed by atoms with Gasteiger partial charge in [-0.3, -0.25) is 4.79 Å². The van der Waals surface area contributed by atoms with Crippen molar-refractivity contribution in [3.05, 3.63) is 29.8 Å². The zero-order valence-electron chi connectivity index (χ0n) is 13.1. The number of carboxylic acids is 1. The van der Waals surface area contributed by atoms with Crippen LogP contribution in [0.5, 0.6) is 5.75 Å². The predicted molar refractivity (Wildman–Crippen MR) is 82.8 cm³/mol. The molecular weight excluding hydrogens is 282 g/mol. The fourth-order valence-electron chi connectivity index (χ4n) is 2.83. The minimum absolute atomic E-state index is 0.116. The lowest BCUT2D eigenvalue weighted by molar-refractivity contribution is -0.153. The molecule has 2 atom stereocenters. The SMILES string of the molecule is CCc1ccccc1OCC(=O)N1CCC(C)CC1C(=O)O. The summed E-state index contributed by atoms with van der Waals surface area (Å²) < 4.78 is 5.61. The lowest BCUT2D eigenvalue weighted by Gasteiger charge is -2.35. The lowest BCUT2D eigenvalue weighted by atomic mass is 9.92. The number of aryl methyl sites for hydroxylation is 1. The Hall–Kier alpha value is -2.04. The average molecular weight is 305 g/mol. The van der Waals surface area contributed by atoms with Crippen molar-refractivity contribution in [2.45, 2.75) is 39.2 Å². The lowest BCUT2D eigenvalue weighted by Crippen LogP contribution is -2.51. The number of hydrogen-bond acceptors (Lipinski definition) is 3. The van der Waals surface area contributed by atoms with Gasteiger partial charge in [0.05, 0.1) is 0 Å². The number of benzene rings is 1. The summed E-state index contributed by atoms with van der Waals surface area (Å²) in [5.74, 6) is -0.179. The highest BCUT2D eigenvalue weighted by Gasteiger charge is 2.34. The van der Waals surface area contributed by atoms with E-state index >= 15 is 0 Å². The molecule has 0 aliphatic carbocycles. The Morgan fingerprint density at radius 2 is 2.09 bits per heavy atom. The molecule has 1 saturated heterocycles. The molecule has 0 spiro atoms. The molecule has 1 aromatic carbocycles. The van der Waals surface area contributed by atoms with Gasteiger partial charge in [-0.25, -0.2) is 4.79 Å². The monoisotopic (exact) mass is 305 g/mol. The molecule has 0 radical (unpaired) electrons. The Balaban J connectivity index is 2.00. The quantitative estimate of drug-likeness (QED) is 0.906. The van der Waals surface area contributed by atoms with E-state index in [9.17, 15) is 14.7 Å². The molecule has 1 N–H and O–H groups in total. The molecule has 0 bridgehead atoms. The van der Waals surface area contributed by atoms with Crippen LogP contribution in [0, 0.1) is 5.92 Å². The summed E-state index contributed by atoms with van der Waals surface area (Å²) in [5.41, 5.74) is 1.04. The summed E-state index contributed by atoms with van der Waals surface area (Å²) in [6.07, 6.45) is 2.16. The second kappa shape index (κ2) is 7.29. The molecule has 1 aromatic rings. The molecule has 1 heterocycles. The summed E-state index contributed by atoms with van der Waals surface area (Å²) in [5, 5.41) is 9.31. The fourth-order valence-corrected chi connectivity index (χ4v) is 2.83. The maximum absolute atomic E-state index is 12.3. The van der Waals surface area contributed by atoms with Crippen LogP contribution < -0.4 is 4.74 Å². The van der Waals surface area contributed by atoms with Crippen LogP contribution in [0.4, 0.5) is 0 Å². The molecule has 5 heteroatoms. The van der Waals surface area contributed by atoms with E-state index in [-0.39, 0.29) is 12.5 Å². The van der Waals surface area contributed by atoms with Crippen molar-refractivity contribution < 1.29 is 19.4 Å². The Labute approximate surface area is 130 Å². The molecule has 1 amide bonds. The van der Waals surface area contributed by atoms with Crippen LogP contribution in [0.25, 0.3) is 0 Å². The third-order valence-corrected chi connectivity index (χ3v) is 4.17. The Morgan fingerprint density at radius 3 is 2.77 bits per heavy atom. The number of carbonyl (C=O) groups is 2. The van der Waals surface area contributed by atoms with E-state index in [1.807, 2.05) is 38.1 Å². The standard InChI is InChI=1S/C17H23NO4/c1-3-13-6-4-5-7-15(13)22-11-16(19)18-9-8-12(2)10-14(18)17(20)21/h4-7,12,14H,3,8-11H2,1-2H3,(H,20,21). The Kier molecular flexibility index (Phi) is 5.41. The first-order valence-corrected chi connectivity index (χ1v) is 7.76. The van der Waals surface area contributed by atoms with E-state index in [4.69, 9.17) is 4.74 Å². The number of carbonyl (C=O) groups excluding carboxylic acids is 1. The molecule has 22 heavy (non-hydrogen) atoms. The number of ether oxygens (including phenoxy) is 1. The van der Waals surface area contributed by atoms with E-state index < -0.39 is 12.0 Å². The number of rotatable bonds is 5. The van der Waals surface area contributed by atoms with Crippen molar-refractivity contribution >= 4 is 11.9 Å².